The summed E-state index contributed by atoms with van der Waals surface area (Å²) >= 11 is 5.45. The molecular formula is C8H7ClFNO2. The van der Waals surface area contributed by atoms with Gasteiger partial charge in [-0.05, 0) is 24.6 Å². The van der Waals surface area contributed by atoms with E-state index in [4.69, 9.17) is 11.6 Å². The van der Waals surface area contributed by atoms with Gasteiger partial charge in [-0.3, -0.25) is 10.1 Å². The van der Waals surface area contributed by atoms with Crippen LogP contribution in [0.3, 0.4) is 0 Å². The van der Waals surface area contributed by atoms with Crippen LogP contribution in [0.1, 0.15) is 11.1 Å². The van der Waals surface area contributed by atoms with Crippen molar-refractivity contribution in [1.29, 1.82) is 0 Å². The molecule has 1 aromatic carbocycles. The van der Waals surface area contributed by atoms with E-state index in [2.05, 4.69) is 0 Å². The molecule has 70 valence electrons. The van der Waals surface area contributed by atoms with Crippen molar-refractivity contribution in [3.63, 3.8) is 0 Å². The average Bonchev–Trinajstić information content (AvgIpc) is 2.01. The Bertz CT molecular complexity index is 354. The van der Waals surface area contributed by atoms with Crippen molar-refractivity contribution in [2.75, 3.05) is 0 Å². The van der Waals surface area contributed by atoms with Crippen molar-refractivity contribution < 1.29 is 9.31 Å². The number of nitro benzene ring substituents is 1. The van der Waals surface area contributed by atoms with Crippen LogP contribution in [-0.4, -0.2) is 4.92 Å². The van der Waals surface area contributed by atoms with Crippen molar-refractivity contribution in [3.05, 3.63) is 39.2 Å². The van der Waals surface area contributed by atoms with E-state index >= 15 is 0 Å². The highest BCUT2D eigenvalue weighted by Gasteiger charge is 2.19. The van der Waals surface area contributed by atoms with Crippen LogP contribution in [0.2, 0.25) is 0 Å². The summed E-state index contributed by atoms with van der Waals surface area (Å²) in [4.78, 5) is 9.66. The number of rotatable bonds is 2. The Morgan fingerprint density at radius 3 is 2.69 bits per heavy atom. The first-order chi connectivity index (χ1) is 6.06. The van der Waals surface area contributed by atoms with E-state index < -0.39 is 16.4 Å². The number of nitro groups is 1. The van der Waals surface area contributed by atoms with Crippen molar-refractivity contribution in [2.24, 2.45) is 0 Å². The molecule has 0 saturated heterocycles. The van der Waals surface area contributed by atoms with Gasteiger partial charge in [-0.2, -0.15) is 4.39 Å². The lowest BCUT2D eigenvalue weighted by atomic mass is 10.1. The Balaban J connectivity index is 3.38. The molecule has 0 bridgehead atoms. The van der Waals surface area contributed by atoms with Crippen LogP contribution in [0.15, 0.2) is 12.1 Å². The summed E-state index contributed by atoms with van der Waals surface area (Å²) in [5.41, 5.74) is 0.309. The van der Waals surface area contributed by atoms with Gasteiger partial charge < -0.3 is 0 Å². The van der Waals surface area contributed by atoms with Gasteiger partial charge in [0.1, 0.15) is 0 Å². The molecule has 0 atom stereocenters. The molecule has 0 amide bonds. The SMILES string of the molecule is Cc1cc(F)c([N+](=O)[O-])c(CCl)c1. The molecule has 1 rings (SSSR count). The van der Waals surface area contributed by atoms with Gasteiger partial charge in [-0.15, -0.1) is 11.6 Å². The fourth-order valence-corrected chi connectivity index (χ4v) is 1.32. The van der Waals surface area contributed by atoms with Crippen LogP contribution in [0.4, 0.5) is 10.1 Å². The summed E-state index contributed by atoms with van der Waals surface area (Å²) in [6.07, 6.45) is 0. The minimum Gasteiger partial charge on any atom is -0.258 e. The smallest absolute Gasteiger partial charge is 0.258 e. The minimum absolute atomic E-state index is 0.0606. The van der Waals surface area contributed by atoms with E-state index in [0.717, 1.165) is 6.07 Å². The molecule has 0 N–H and O–H groups in total. The van der Waals surface area contributed by atoms with Gasteiger partial charge in [0.15, 0.2) is 0 Å². The third kappa shape index (κ3) is 1.95. The lowest BCUT2D eigenvalue weighted by Gasteiger charge is -2.01. The highest BCUT2D eigenvalue weighted by atomic mass is 35.5. The molecule has 0 fully saturated rings. The zero-order valence-electron chi connectivity index (χ0n) is 6.88. The van der Waals surface area contributed by atoms with E-state index in [1.165, 1.54) is 6.07 Å². The monoisotopic (exact) mass is 203 g/mol. The van der Waals surface area contributed by atoms with Crippen LogP contribution in [0, 0.1) is 22.9 Å². The van der Waals surface area contributed by atoms with Crippen LogP contribution in [0.25, 0.3) is 0 Å². The van der Waals surface area contributed by atoms with E-state index in [1.54, 1.807) is 6.92 Å². The Kier molecular flexibility index (Phi) is 2.83. The van der Waals surface area contributed by atoms with Crippen molar-refractivity contribution in [3.8, 4) is 0 Å². The van der Waals surface area contributed by atoms with Crippen LogP contribution in [-0.2, 0) is 5.88 Å². The lowest BCUT2D eigenvalue weighted by molar-refractivity contribution is -0.388. The number of nitrogens with zero attached hydrogens (tertiary/aromatic N) is 1. The molecule has 0 aliphatic rings. The molecule has 13 heavy (non-hydrogen) atoms. The van der Waals surface area contributed by atoms with E-state index in [0.29, 0.717) is 5.56 Å². The molecule has 1 aromatic rings. The first kappa shape index (κ1) is 9.92. The molecule has 0 unspecified atom stereocenters. The maximum absolute atomic E-state index is 13.0. The van der Waals surface area contributed by atoms with Gasteiger partial charge in [0.05, 0.1) is 10.8 Å². The number of hydrogen-bond acceptors (Lipinski definition) is 2. The normalized spacial score (nSPS) is 10.1. The summed E-state index contributed by atoms with van der Waals surface area (Å²) in [5, 5.41) is 10.4. The highest BCUT2D eigenvalue weighted by molar-refractivity contribution is 6.17. The summed E-state index contributed by atoms with van der Waals surface area (Å²) in [6.45, 7) is 1.66. The molecular weight excluding hydrogens is 197 g/mol. The second-order valence-corrected chi connectivity index (χ2v) is 2.91. The fourth-order valence-electron chi connectivity index (χ4n) is 1.11. The minimum atomic E-state index is -0.833. The largest absolute Gasteiger partial charge is 0.309 e. The predicted octanol–water partition coefficient (Wildman–Crippen LogP) is 2.78. The number of hydrogen-bond donors (Lipinski definition) is 0. The fraction of sp³-hybridized carbons (Fsp3) is 0.250. The molecule has 0 aromatic heterocycles. The molecule has 0 spiro atoms. The molecule has 0 radical (unpaired) electrons. The summed E-state index contributed by atoms with van der Waals surface area (Å²) in [6, 6.07) is 2.63. The van der Waals surface area contributed by atoms with Crippen molar-refractivity contribution in [1.82, 2.24) is 0 Å². The Labute approximate surface area is 79.3 Å². The number of aryl methyl sites for hydroxylation is 1. The molecule has 0 saturated carbocycles. The Morgan fingerprint density at radius 1 is 1.62 bits per heavy atom. The van der Waals surface area contributed by atoms with E-state index in [9.17, 15) is 14.5 Å². The first-order valence-electron chi connectivity index (χ1n) is 3.55. The highest BCUT2D eigenvalue weighted by Crippen LogP contribution is 2.25. The van der Waals surface area contributed by atoms with Gasteiger partial charge in [-0.25, -0.2) is 0 Å². The molecule has 0 heterocycles. The van der Waals surface area contributed by atoms with Crippen molar-refractivity contribution >= 4 is 17.3 Å². The number of alkyl halides is 1. The standard InChI is InChI=1S/C8H7ClFNO2/c1-5-2-6(4-9)8(11(12)13)7(10)3-5/h2-3H,4H2,1H3. The number of halogens is 2. The van der Waals surface area contributed by atoms with Crippen molar-refractivity contribution in [2.45, 2.75) is 12.8 Å². The molecule has 0 aliphatic heterocycles. The molecule has 0 aliphatic carbocycles. The van der Waals surface area contributed by atoms with Gasteiger partial charge in [0.25, 0.3) is 0 Å². The van der Waals surface area contributed by atoms with Gasteiger partial charge in [-0.1, -0.05) is 0 Å². The average molecular weight is 204 g/mol. The predicted molar refractivity (Wildman–Crippen MR) is 47.3 cm³/mol. The quantitative estimate of drug-likeness (QED) is 0.421. The van der Waals surface area contributed by atoms with Crippen LogP contribution in [0.5, 0.6) is 0 Å². The zero-order valence-corrected chi connectivity index (χ0v) is 7.64. The Morgan fingerprint density at radius 2 is 2.23 bits per heavy atom. The third-order valence-corrected chi connectivity index (χ3v) is 1.90. The maximum atomic E-state index is 13.0. The van der Waals surface area contributed by atoms with Crippen LogP contribution >= 0.6 is 11.6 Å². The molecule has 5 heteroatoms. The lowest BCUT2D eigenvalue weighted by Crippen LogP contribution is -1.98. The third-order valence-electron chi connectivity index (χ3n) is 1.61. The molecule has 3 nitrogen and oxygen atoms in total. The summed E-state index contributed by atoms with van der Waals surface area (Å²) < 4.78 is 13.0. The second kappa shape index (κ2) is 3.70. The maximum Gasteiger partial charge on any atom is 0.309 e. The van der Waals surface area contributed by atoms with Gasteiger partial charge >= 0.3 is 5.69 Å². The van der Waals surface area contributed by atoms with Gasteiger partial charge in [0.2, 0.25) is 5.82 Å². The topological polar surface area (TPSA) is 43.1 Å². The first-order valence-corrected chi connectivity index (χ1v) is 4.09. The van der Waals surface area contributed by atoms with Crippen LogP contribution < -0.4 is 0 Å². The zero-order chi connectivity index (χ0) is 10.0. The number of benzene rings is 1. The summed E-state index contributed by atoms with van der Waals surface area (Å²) in [5.74, 6) is -0.893. The van der Waals surface area contributed by atoms with E-state index in [-0.39, 0.29) is 11.4 Å². The second-order valence-electron chi connectivity index (χ2n) is 2.65. The van der Waals surface area contributed by atoms with E-state index in [1.807, 2.05) is 0 Å². The summed E-state index contributed by atoms with van der Waals surface area (Å²) in [7, 11) is 0. The Hall–Kier alpha value is -1.16. The van der Waals surface area contributed by atoms with Gasteiger partial charge in [0, 0.05) is 5.56 Å².